The van der Waals surface area contributed by atoms with Crippen molar-refractivity contribution >= 4 is 29.3 Å². The number of carbonyl (C=O) groups excluding carboxylic acids is 3. The molecule has 1 atom stereocenters. The van der Waals surface area contributed by atoms with E-state index in [0.29, 0.717) is 23.4 Å². The van der Waals surface area contributed by atoms with Crippen LogP contribution in [0.4, 0.5) is 4.79 Å². The number of amides is 3. The van der Waals surface area contributed by atoms with Gasteiger partial charge in [0, 0.05) is 27.7 Å². The average Bonchev–Trinajstić information content (AvgIpc) is 3.37. The molecule has 2 aliphatic rings. The molecule has 3 amide bonds. The smallest absolute Gasteiger partial charge is 0.319 e. The molecule has 1 fully saturated rings. The van der Waals surface area contributed by atoms with E-state index < -0.39 is 11.6 Å². The summed E-state index contributed by atoms with van der Waals surface area (Å²) in [6, 6.07) is 16.3. The fourth-order valence-electron chi connectivity index (χ4n) is 4.99. The Balaban J connectivity index is 1.43. The highest BCUT2D eigenvalue weighted by Gasteiger charge is 2.55. The van der Waals surface area contributed by atoms with E-state index in [2.05, 4.69) is 5.32 Å². The number of aromatic nitrogens is 1. The Hall–Kier alpha value is -3.38. The van der Waals surface area contributed by atoms with Gasteiger partial charge in [-0.25, -0.2) is 4.79 Å². The van der Waals surface area contributed by atoms with Crippen molar-refractivity contribution in [3.8, 4) is 5.69 Å². The lowest BCUT2D eigenvalue weighted by Gasteiger charge is -2.22. The van der Waals surface area contributed by atoms with Crippen molar-refractivity contribution in [2.75, 3.05) is 6.54 Å². The minimum absolute atomic E-state index is 0.273. The minimum Gasteiger partial charge on any atom is -0.319 e. The van der Waals surface area contributed by atoms with Gasteiger partial charge in [0.25, 0.3) is 5.91 Å². The van der Waals surface area contributed by atoms with Crippen molar-refractivity contribution in [2.45, 2.75) is 32.2 Å². The molecule has 5 rings (SSSR count). The van der Waals surface area contributed by atoms with E-state index in [-0.39, 0.29) is 18.2 Å². The number of hydrogen-bond acceptors (Lipinski definition) is 3. The van der Waals surface area contributed by atoms with Crippen LogP contribution in [0.15, 0.2) is 54.6 Å². The zero-order chi connectivity index (χ0) is 22.6. The predicted molar refractivity (Wildman–Crippen MR) is 121 cm³/mol. The van der Waals surface area contributed by atoms with E-state index in [9.17, 15) is 14.4 Å². The van der Waals surface area contributed by atoms with E-state index >= 15 is 0 Å². The standard InChI is InChI=1S/C25H22ClN3O3/c1-15-13-20(16(2)29(15)19-9-7-18(26)8-10-19)22(30)14-28-23(31)25(27-24(28)32)12-11-17-5-3-4-6-21(17)25/h3-10,13H,11-12,14H2,1-2H3,(H,27,32). The molecule has 162 valence electrons. The maximum atomic E-state index is 13.4. The molecule has 1 aliphatic heterocycles. The normalized spacial score (nSPS) is 19.5. The van der Waals surface area contributed by atoms with Gasteiger partial charge in [0.15, 0.2) is 5.78 Å². The van der Waals surface area contributed by atoms with Crippen LogP contribution in [-0.4, -0.2) is 33.7 Å². The van der Waals surface area contributed by atoms with Gasteiger partial charge in [-0.3, -0.25) is 14.5 Å². The van der Waals surface area contributed by atoms with Gasteiger partial charge in [-0.2, -0.15) is 0 Å². The van der Waals surface area contributed by atoms with Crippen LogP contribution in [-0.2, 0) is 16.8 Å². The molecule has 1 aliphatic carbocycles. The van der Waals surface area contributed by atoms with Gasteiger partial charge in [-0.1, -0.05) is 35.9 Å². The molecule has 0 bridgehead atoms. The number of ketones is 1. The van der Waals surface area contributed by atoms with E-state index in [4.69, 9.17) is 11.6 Å². The molecule has 1 N–H and O–H groups in total. The molecule has 2 heterocycles. The number of carbonyl (C=O) groups is 3. The number of imide groups is 1. The number of urea groups is 1. The van der Waals surface area contributed by atoms with Gasteiger partial charge >= 0.3 is 6.03 Å². The number of Topliss-reactive ketones (excluding diaryl/α,β-unsaturated/α-hetero) is 1. The summed E-state index contributed by atoms with van der Waals surface area (Å²) in [5, 5.41) is 3.50. The third-order valence-corrected chi connectivity index (χ3v) is 6.79. The Bertz CT molecular complexity index is 1280. The van der Waals surface area contributed by atoms with Crippen LogP contribution < -0.4 is 5.32 Å². The summed E-state index contributed by atoms with van der Waals surface area (Å²) in [6.45, 7) is 3.48. The van der Waals surface area contributed by atoms with Crippen LogP contribution in [0.1, 0.15) is 39.3 Å². The first-order chi connectivity index (χ1) is 15.3. The molecule has 2 aromatic carbocycles. The summed E-state index contributed by atoms with van der Waals surface area (Å²) < 4.78 is 1.96. The van der Waals surface area contributed by atoms with Gasteiger partial charge in [-0.05, 0) is 68.1 Å². The van der Waals surface area contributed by atoms with Crippen LogP contribution in [0.2, 0.25) is 5.02 Å². The zero-order valence-corrected chi connectivity index (χ0v) is 18.6. The van der Waals surface area contributed by atoms with E-state index in [1.165, 1.54) is 0 Å². The fraction of sp³-hybridized carbons (Fsp3) is 0.240. The van der Waals surface area contributed by atoms with Crippen LogP contribution in [0.5, 0.6) is 0 Å². The van der Waals surface area contributed by atoms with E-state index in [1.54, 1.807) is 18.2 Å². The third kappa shape index (κ3) is 2.98. The molecular formula is C25H22ClN3O3. The van der Waals surface area contributed by atoms with Crippen molar-refractivity contribution in [1.29, 1.82) is 0 Å². The first-order valence-corrected chi connectivity index (χ1v) is 10.9. The summed E-state index contributed by atoms with van der Waals surface area (Å²) in [4.78, 5) is 40.4. The molecule has 0 saturated carbocycles. The lowest BCUT2D eigenvalue weighted by molar-refractivity contribution is -0.131. The maximum Gasteiger partial charge on any atom is 0.325 e. The Labute approximate surface area is 190 Å². The molecule has 6 nitrogen and oxygen atoms in total. The zero-order valence-electron chi connectivity index (χ0n) is 17.8. The number of hydrogen-bond donors (Lipinski definition) is 1. The van der Waals surface area contributed by atoms with Crippen molar-refractivity contribution in [2.24, 2.45) is 0 Å². The molecule has 32 heavy (non-hydrogen) atoms. The lowest BCUT2D eigenvalue weighted by Crippen LogP contribution is -2.42. The second kappa shape index (κ2) is 7.35. The molecule has 1 saturated heterocycles. The monoisotopic (exact) mass is 447 g/mol. The van der Waals surface area contributed by atoms with Gasteiger partial charge < -0.3 is 9.88 Å². The number of benzene rings is 2. The van der Waals surface area contributed by atoms with E-state index in [0.717, 1.165) is 33.1 Å². The second-order valence-electron chi connectivity index (χ2n) is 8.40. The molecule has 7 heteroatoms. The van der Waals surface area contributed by atoms with Gasteiger partial charge in [0.1, 0.15) is 5.54 Å². The number of halogens is 1. The van der Waals surface area contributed by atoms with Gasteiger partial charge in [0.05, 0.1) is 6.54 Å². The summed E-state index contributed by atoms with van der Waals surface area (Å²) in [7, 11) is 0. The second-order valence-corrected chi connectivity index (χ2v) is 8.84. The van der Waals surface area contributed by atoms with Crippen molar-refractivity contribution in [3.05, 3.63) is 87.7 Å². The SMILES string of the molecule is Cc1cc(C(=O)CN2C(=O)NC3(CCc4ccccc43)C2=O)c(C)n1-c1ccc(Cl)cc1. The Morgan fingerprint density at radius 3 is 2.56 bits per heavy atom. The lowest BCUT2D eigenvalue weighted by atomic mass is 9.92. The first kappa shape index (κ1) is 20.5. The Morgan fingerprint density at radius 1 is 1.09 bits per heavy atom. The maximum absolute atomic E-state index is 13.4. The third-order valence-electron chi connectivity index (χ3n) is 6.54. The molecule has 1 unspecified atom stereocenters. The number of aryl methyl sites for hydroxylation is 2. The highest BCUT2D eigenvalue weighted by molar-refractivity contribution is 6.30. The first-order valence-electron chi connectivity index (χ1n) is 10.5. The molecule has 1 spiro atoms. The minimum atomic E-state index is -1.06. The quantitative estimate of drug-likeness (QED) is 0.478. The number of rotatable bonds is 4. The topological polar surface area (TPSA) is 71.4 Å². The largest absolute Gasteiger partial charge is 0.325 e. The molecule has 3 aromatic rings. The predicted octanol–water partition coefficient (Wildman–Crippen LogP) is 4.32. The summed E-state index contributed by atoms with van der Waals surface area (Å²) in [6.07, 6.45) is 1.22. The molecule has 0 radical (unpaired) electrons. The number of nitrogens with zero attached hydrogens (tertiary/aromatic N) is 2. The molecular weight excluding hydrogens is 426 g/mol. The fourth-order valence-corrected chi connectivity index (χ4v) is 5.12. The van der Waals surface area contributed by atoms with Crippen LogP contribution in [0.3, 0.4) is 0 Å². The summed E-state index contributed by atoms with van der Waals surface area (Å²) in [5.74, 6) is -0.627. The highest BCUT2D eigenvalue weighted by atomic mass is 35.5. The van der Waals surface area contributed by atoms with Crippen molar-refractivity contribution in [3.63, 3.8) is 0 Å². The van der Waals surface area contributed by atoms with Crippen LogP contribution >= 0.6 is 11.6 Å². The van der Waals surface area contributed by atoms with Crippen LogP contribution in [0.25, 0.3) is 5.69 Å². The van der Waals surface area contributed by atoms with E-state index in [1.807, 2.05) is 54.8 Å². The highest BCUT2D eigenvalue weighted by Crippen LogP contribution is 2.41. The van der Waals surface area contributed by atoms with Crippen molar-refractivity contribution in [1.82, 2.24) is 14.8 Å². The average molecular weight is 448 g/mol. The summed E-state index contributed by atoms with van der Waals surface area (Å²) in [5.41, 5.74) is 3.84. The van der Waals surface area contributed by atoms with Gasteiger partial charge in [-0.15, -0.1) is 0 Å². The molecule has 1 aromatic heterocycles. The summed E-state index contributed by atoms with van der Waals surface area (Å²) >= 11 is 6.00. The Morgan fingerprint density at radius 2 is 1.81 bits per heavy atom. The Kier molecular flexibility index (Phi) is 4.71. The van der Waals surface area contributed by atoms with Gasteiger partial charge in [0.2, 0.25) is 0 Å². The van der Waals surface area contributed by atoms with Crippen LogP contribution in [0, 0.1) is 13.8 Å². The number of fused-ring (bicyclic) bond motifs is 2. The van der Waals surface area contributed by atoms with Crippen molar-refractivity contribution < 1.29 is 14.4 Å². The number of nitrogens with one attached hydrogen (secondary N) is 1.